The summed E-state index contributed by atoms with van der Waals surface area (Å²) < 4.78 is 1.76. The van der Waals surface area contributed by atoms with Crippen LogP contribution in [-0.4, -0.2) is 32.2 Å². The van der Waals surface area contributed by atoms with E-state index >= 15 is 0 Å². The molecule has 0 atom stereocenters. The second-order valence-electron chi connectivity index (χ2n) is 4.68. The summed E-state index contributed by atoms with van der Waals surface area (Å²) in [6, 6.07) is 3.68. The van der Waals surface area contributed by atoms with Crippen LogP contribution >= 0.6 is 0 Å². The van der Waals surface area contributed by atoms with Gasteiger partial charge in [-0.2, -0.15) is 10.1 Å². The molecule has 1 aliphatic heterocycles. The first-order valence-corrected chi connectivity index (χ1v) is 6.31. The Bertz CT molecular complexity index is 634. The van der Waals surface area contributed by atoms with Gasteiger partial charge in [0.05, 0.1) is 11.3 Å². The Kier molecular flexibility index (Phi) is 2.77. The van der Waals surface area contributed by atoms with Crippen molar-refractivity contribution in [2.24, 2.45) is 0 Å². The molecule has 1 aliphatic rings. The normalized spacial score (nSPS) is 14.3. The molecule has 6 nitrogen and oxygen atoms in total. The van der Waals surface area contributed by atoms with Crippen LogP contribution in [0.15, 0.2) is 18.5 Å². The Hall–Kier alpha value is -2.24. The highest BCUT2D eigenvalue weighted by Gasteiger charge is 2.26. The van der Waals surface area contributed by atoms with Gasteiger partial charge in [-0.1, -0.05) is 0 Å². The number of carbonyl (C=O) groups is 1. The highest BCUT2D eigenvalue weighted by molar-refractivity contribution is 6.05. The smallest absolute Gasteiger partial charge is 0.262 e. The summed E-state index contributed by atoms with van der Waals surface area (Å²) in [7, 11) is 0. The lowest BCUT2D eigenvalue weighted by atomic mass is 10.1. The zero-order valence-electron chi connectivity index (χ0n) is 11.0. The molecule has 3 rings (SSSR count). The Balaban J connectivity index is 1.98. The number of pyridine rings is 1. The van der Waals surface area contributed by atoms with E-state index in [0.717, 1.165) is 24.4 Å². The zero-order valence-corrected chi connectivity index (χ0v) is 11.0. The predicted molar refractivity (Wildman–Crippen MR) is 70.0 cm³/mol. The van der Waals surface area contributed by atoms with E-state index in [1.165, 1.54) is 6.33 Å². The van der Waals surface area contributed by atoms with Gasteiger partial charge in [0, 0.05) is 18.8 Å². The second-order valence-corrected chi connectivity index (χ2v) is 4.68. The van der Waals surface area contributed by atoms with Gasteiger partial charge in [-0.25, -0.2) is 4.68 Å². The summed E-state index contributed by atoms with van der Waals surface area (Å²) in [6.07, 6.45) is 2.38. The van der Waals surface area contributed by atoms with Crippen molar-refractivity contribution < 1.29 is 4.79 Å². The number of rotatable bonds is 1. The largest absolute Gasteiger partial charge is 0.277 e. The number of carbonyl (C=O) groups excluding carboxylic acids is 1. The van der Waals surface area contributed by atoms with Gasteiger partial charge in [0.2, 0.25) is 5.95 Å². The fraction of sp³-hybridized carbons (Fsp3) is 0.385. The number of anilines is 1. The molecule has 0 N–H and O–H groups in total. The molecule has 19 heavy (non-hydrogen) atoms. The molecule has 0 spiro atoms. The molecule has 3 heterocycles. The molecular weight excluding hydrogens is 242 g/mol. The van der Waals surface area contributed by atoms with Crippen LogP contribution in [-0.2, 0) is 6.54 Å². The van der Waals surface area contributed by atoms with Crippen molar-refractivity contribution in [1.29, 1.82) is 0 Å². The van der Waals surface area contributed by atoms with Gasteiger partial charge < -0.3 is 0 Å². The van der Waals surface area contributed by atoms with Crippen molar-refractivity contribution in [2.75, 3.05) is 11.4 Å². The maximum atomic E-state index is 12.6. The fourth-order valence-electron chi connectivity index (χ4n) is 2.35. The number of nitrogens with zero attached hydrogens (tertiary/aromatic N) is 5. The quantitative estimate of drug-likeness (QED) is 0.773. The molecule has 0 radical (unpaired) electrons. The number of aryl methyl sites for hydroxylation is 3. The maximum absolute atomic E-state index is 12.6. The van der Waals surface area contributed by atoms with Crippen LogP contribution in [0, 0.1) is 13.8 Å². The minimum atomic E-state index is -0.0565. The lowest BCUT2D eigenvalue weighted by molar-refractivity contribution is 0.0979. The van der Waals surface area contributed by atoms with E-state index in [9.17, 15) is 4.79 Å². The van der Waals surface area contributed by atoms with Crippen molar-refractivity contribution in [3.63, 3.8) is 0 Å². The van der Waals surface area contributed by atoms with E-state index in [0.29, 0.717) is 18.1 Å². The number of aromatic nitrogens is 4. The molecule has 0 fully saturated rings. The van der Waals surface area contributed by atoms with Gasteiger partial charge in [0.15, 0.2) is 0 Å². The average molecular weight is 257 g/mol. The third kappa shape index (κ3) is 1.99. The van der Waals surface area contributed by atoms with Crippen molar-refractivity contribution in [3.8, 4) is 0 Å². The molecule has 2 aromatic rings. The first-order valence-electron chi connectivity index (χ1n) is 6.31. The SMILES string of the molecule is Cc1ccc(C(=O)N2CCCn3ncnc32)c(C)n1. The Morgan fingerprint density at radius 3 is 2.89 bits per heavy atom. The van der Waals surface area contributed by atoms with Crippen LogP contribution in [0.2, 0.25) is 0 Å². The van der Waals surface area contributed by atoms with Gasteiger partial charge in [-0.3, -0.25) is 14.7 Å². The minimum absolute atomic E-state index is 0.0565. The number of fused-ring (bicyclic) bond motifs is 1. The van der Waals surface area contributed by atoms with Crippen molar-refractivity contribution >= 4 is 11.9 Å². The first kappa shape index (κ1) is 11.8. The van der Waals surface area contributed by atoms with Crippen LogP contribution in [0.25, 0.3) is 0 Å². The van der Waals surface area contributed by atoms with Crippen LogP contribution in [0.5, 0.6) is 0 Å². The van der Waals surface area contributed by atoms with Crippen LogP contribution in [0.1, 0.15) is 28.2 Å². The molecule has 0 saturated carbocycles. The Morgan fingerprint density at radius 1 is 1.26 bits per heavy atom. The number of amides is 1. The van der Waals surface area contributed by atoms with Crippen LogP contribution in [0.4, 0.5) is 5.95 Å². The molecule has 98 valence electrons. The van der Waals surface area contributed by atoms with E-state index in [4.69, 9.17) is 0 Å². The molecular formula is C13H15N5O. The summed E-state index contributed by atoms with van der Waals surface area (Å²) >= 11 is 0. The summed E-state index contributed by atoms with van der Waals surface area (Å²) in [5, 5.41) is 4.12. The Morgan fingerprint density at radius 2 is 2.11 bits per heavy atom. The van der Waals surface area contributed by atoms with Gasteiger partial charge in [0.25, 0.3) is 5.91 Å². The van der Waals surface area contributed by atoms with Gasteiger partial charge in [-0.05, 0) is 32.4 Å². The van der Waals surface area contributed by atoms with Gasteiger partial charge in [0.1, 0.15) is 6.33 Å². The first-order chi connectivity index (χ1) is 9.16. The van der Waals surface area contributed by atoms with Gasteiger partial charge in [-0.15, -0.1) is 0 Å². The highest BCUT2D eigenvalue weighted by Crippen LogP contribution is 2.20. The molecule has 0 bridgehead atoms. The summed E-state index contributed by atoms with van der Waals surface area (Å²) in [5.41, 5.74) is 2.29. The summed E-state index contributed by atoms with van der Waals surface area (Å²) in [6.45, 7) is 5.25. The van der Waals surface area contributed by atoms with Crippen molar-refractivity contribution in [2.45, 2.75) is 26.8 Å². The third-order valence-corrected chi connectivity index (χ3v) is 3.29. The van der Waals surface area contributed by atoms with Crippen LogP contribution in [0.3, 0.4) is 0 Å². The van der Waals surface area contributed by atoms with E-state index in [-0.39, 0.29) is 5.91 Å². The van der Waals surface area contributed by atoms with Crippen molar-refractivity contribution in [3.05, 3.63) is 35.4 Å². The molecule has 6 heteroatoms. The topological polar surface area (TPSA) is 63.9 Å². The van der Waals surface area contributed by atoms with E-state index < -0.39 is 0 Å². The van der Waals surface area contributed by atoms with Crippen LogP contribution < -0.4 is 4.90 Å². The number of hydrogen-bond donors (Lipinski definition) is 0. The van der Waals surface area contributed by atoms with E-state index in [2.05, 4.69) is 15.1 Å². The van der Waals surface area contributed by atoms with Gasteiger partial charge >= 0.3 is 0 Å². The molecule has 0 unspecified atom stereocenters. The lowest BCUT2D eigenvalue weighted by Gasteiger charge is -2.26. The van der Waals surface area contributed by atoms with Crippen molar-refractivity contribution in [1.82, 2.24) is 19.7 Å². The average Bonchev–Trinajstić information content (AvgIpc) is 2.86. The minimum Gasteiger partial charge on any atom is -0.277 e. The van der Waals surface area contributed by atoms with E-state index in [1.807, 2.05) is 26.0 Å². The molecule has 0 saturated heterocycles. The molecule has 2 aromatic heterocycles. The fourth-order valence-corrected chi connectivity index (χ4v) is 2.35. The summed E-state index contributed by atoms with van der Waals surface area (Å²) in [4.78, 5) is 22.8. The lowest BCUT2D eigenvalue weighted by Crippen LogP contribution is -2.38. The standard InChI is InChI=1S/C13H15N5O/c1-9-4-5-11(10(2)16-9)12(19)17-6-3-7-18-13(17)14-8-15-18/h4-5,8H,3,6-7H2,1-2H3. The number of hydrogen-bond acceptors (Lipinski definition) is 4. The molecule has 0 aromatic carbocycles. The maximum Gasteiger partial charge on any atom is 0.262 e. The van der Waals surface area contributed by atoms with E-state index in [1.54, 1.807) is 9.58 Å². The Labute approximate surface area is 111 Å². The zero-order chi connectivity index (χ0) is 13.4. The second kappa shape index (κ2) is 4.46. The monoisotopic (exact) mass is 257 g/mol. The summed E-state index contributed by atoms with van der Waals surface area (Å²) in [5.74, 6) is 0.565. The predicted octanol–water partition coefficient (Wildman–Crippen LogP) is 1.34. The molecule has 0 aliphatic carbocycles. The third-order valence-electron chi connectivity index (χ3n) is 3.29. The molecule has 1 amide bonds. The highest BCUT2D eigenvalue weighted by atomic mass is 16.2.